The number of aliphatic carboxylic acids is 1. The van der Waals surface area contributed by atoms with E-state index < -0.39 is 11.9 Å². The molecule has 1 N–H and O–H groups in total. The second kappa shape index (κ2) is 3.83. The van der Waals surface area contributed by atoms with Gasteiger partial charge in [-0.2, -0.15) is 0 Å². The molecule has 1 amide bonds. The first kappa shape index (κ1) is 10.5. The summed E-state index contributed by atoms with van der Waals surface area (Å²) in [4.78, 5) is 24.6. The van der Waals surface area contributed by atoms with Crippen LogP contribution in [0, 0.1) is 17.8 Å². The number of carboxylic acids is 1. The van der Waals surface area contributed by atoms with Gasteiger partial charge in [0.2, 0.25) is 5.91 Å². The van der Waals surface area contributed by atoms with Crippen molar-refractivity contribution >= 4 is 11.9 Å². The van der Waals surface area contributed by atoms with E-state index in [2.05, 4.69) is 6.92 Å². The predicted molar refractivity (Wildman–Crippen MR) is 54.2 cm³/mol. The molecule has 15 heavy (non-hydrogen) atoms. The van der Waals surface area contributed by atoms with Crippen LogP contribution in [0.5, 0.6) is 0 Å². The minimum atomic E-state index is -0.813. The van der Waals surface area contributed by atoms with Crippen LogP contribution in [0.4, 0.5) is 0 Å². The number of hydrogen-bond donors (Lipinski definition) is 1. The lowest BCUT2D eigenvalue weighted by atomic mass is 9.73. The molecule has 0 spiro atoms. The second-order valence-corrected chi connectivity index (χ2v) is 4.81. The van der Waals surface area contributed by atoms with Gasteiger partial charge in [-0.05, 0) is 25.2 Å². The van der Waals surface area contributed by atoms with E-state index in [0.29, 0.717) is 12.3 Å². The average Bonchev–Trinajstić information content (AvgIpc) is 2.48. The number of likely N-dealkylation sites (tertiary alicyclic amines) is 1. The summed E-state index contributed by atoms with van der Waals surface area (Å²) in [6.07, 6.45) is 2.46. The Balaban J connectivity index is 1.94. The Morgan fingerprint density at radius 3 is 2.27 bits per heavy atom. The number of nitrogens with zero attached hydrogens (tertiary/aromatic N) is 1. The number of carboxylic acid groups (broad SMARTS) is 1. The standard InChI is InChI=1S/C11H17NO3/c1-7-4-5-12(6-7)10(13)8-2-3-9(8)11(14)15/h7-9H,2-6H2,1H3,(H,14,15). The van der Waals surface area contributed by atoms with Gasteiger partial charge in [0.05, 0.1) is 11.8 Å². The van der Waals surface area contributed by atoms with Crippen LogP contribution in [-0.4, -0.2) is 35.0 Å². The maximum atomic E-state index is 12.0. The summed E-state index contributed by atoms with van der Waals surface area (Å²) in [7, 11) is 0. The van der Waals surface area contributed by atoms with E-state index in [0.717, 1.165) is 25.9 Å². The summed E-state index contributed by atoms with van der Waals surface area (Å²) >= 11 is 0. The third-order valence-electron chi connectivity index (χ3n) is 3.64. The molecule has 84 valence electrons. The van der Waals surface area contributed by atoms with Crippen molar-refractivity contribution in [2.24, 2.45) is 17.8 Å². The first-order valence-electron chi connectivity index (χ1n) is 5.61. The van der Waals surface area contributed by atoms with Crippen molar-refractivity contribution in [1.29, 1.82) is 0 Å². The van der Waals surface area contributed by atoms with Crippen LogP contribution < -0.4 is 0 Å². The fourth-order valence-electron chi connectivity index (χ4n) is 2.46. The van der Waals surface area contributed by atoms with Crippen LogP contribution in [0.3, 0.4) is 0 Å². The monoisotopic (exact) mass is 211 g/mol. The van der Waals surface area contributed by atoms with Crippen LogP contribution in [0.2, 0.25) is 0 Å². The third-order valence-corrected chi connectivity index (χ3v) is 3.64. The predicted octanol–water partition coefficient (Wildman–Crippen LogP) is 0.966. The van der Waals surface area contributed by atoms with Crippen LogP contribution >= 0.6 is 0 Å². The highest BCUT2D eigenvalue weighted by Gasteiger charge is 2.43. The van der Waals surface area contributed by atoms with Crippen molar-refractivity contribution in [3.63, 3.8) is 0 Å². The Bertz CT molecular complexity index is 290. The molecule has 4 nitrogen and oxygen atoms in total. The van der Waals surface area contributed by atoms with Gasteiger partial charge >= 0.3 is 5.97 Å². The minimum Gasteiger partial charge on any atom is -0.481 e. The summed E-state index contributed by atoms with van der Waals surface area (Å²) in [6.45, 7) is 3.74. The molecule has 0 aromatic heterocycles. The molecule has 3 atom stereocenters. The van der Waals surface area contributed by atoms with E-state index in [1.807, 2.05) is 4.90 Å². The zero-order valence-electron chi connectivity index (χ0n) is 8.98. The van der Waals surface area contributed by atoms with Crippen LogP contribution in [0.25, 0.3) is 0 Å². The maximum absolute atomic E-state index is 12.0. The molecule has 4 heteroatoms. The lowest BCUT2D eigenvalue weighted by Crippen LogP contribution is -2.45. The number of hydrogen-bond acceptors (Lipinski definition) is 2. The highest BCUT2D eigenvalue weighted by Crippen LogP contribution is 2.36. The fraction of sp³-hybridized carbons (Fsp3) is 0.818. The molecule has 2 fully saturated rings. The van der Waals surface area contributed by atoms with Crippen molar-refractivity contribution in [2.45, 2.75) is 26.2 Å². The molecule has 1 saturated heterocycles. The van der Waals surface area contributed by atoms with E-state index >= 15 is 0 Å². The number of carbonyl (C=O) groups excluding carboxylic acids is 1. The summed E-state index contributed by atoms with van der Waals surface area (Å²) < 4.78 is 0. The molecule has 0 aromatic rings. The number of carbonyl (C=O) groups is 2. The van der Waals surface area contributed by atoms with Gasteiger partial charge in [0, 0.05) is 13.1 Å². The fourth-order valence-corrected chi connectivity index (χ4v) is 2.46. The van der Waals surface area contributed by atoms with E-state index in [-0.39, 0.29) is 11.8 Å². The molecule has 1 aliphatic carbocycles. The van der Waals surface area contributed by atoms with E-state index in [1.165, 1.54) is 0 Å². The van der Waals surface area contributed by atoms with Crippen molar-refractivity contribution < 1.29 is 14.7 Å². The molecule has 1 saturated carbocycles. The molecular formula is C11H17NO3. The van der Waals surface area contributed by atoms with Gasteiger partial charge in [-0.1, -0.05) is 6.92 Å². The van der Waals surface area contributed by atoms with Gasteiger partial charge in [-0.3, -0.25) is 9.59 Å². The van der Waals surface area contributed by atoms with Crippen LogP contribution in [0.1, 0.15) is 26.2 Å². The van der Waals surface area contributed by atoms with Gasteiger partial charge in [-0.25, -0.2) is 0 Å². The van der Waals surface area contributed by atoms with Gasteiger partial charge < -0.3 is 10.0 Å². The van der Waals surface area contributed by atoms with Gasteiger partial charge in [0.25, 0.3) is 0 Å². The highest BCUT2D eigenvalue weighted by molar-refractivity contribution is 5.86. The molecule has 0 radical (unpaired) electrons. The molecular weight excluding hydrogens is 194 g/mol. The van der Waals surface area contributed by atoms with Crippen LogP contribution in [0.15, 0.2) is 0 Å². The Kier molecular flexibility index (Phi) is 2.67. The third kappa shape index (κ3) is 1.85. The molecule has 0 aromatic carbocycles. The van der Waals surface area contributed by atoms with E-state index in [1.54, 1.807) is 0 Å². The highest BCUT2D eigenvalue weighted by atomic mass is 16.4. The smallest absolute Gasteiger partial charge is 0.307 e. The second-order valence-electron chi connectivity index (χ2n) is 4.81. The quantitative estimate of drug-likeness (QED) is 0.740. The Labute approximate surface area is 89.3 Å². The molecule has 3 unspecified atom stereocenters. The Morgan fingerprint density at radius 2 is 1.87 bits per heavy atom. The maximum Gasteiger partial charge on any atom is 0.307 e. The lowest BCUT2D eigenvalue weighted by molar-refractivity contribution is -0.156. The van der Waals surface area contributed by atoms with Gasteiger partial charge in [0.1, 0.15) is 0 Å². The zero-order chi connectivity index (χ0) is 11.0. The van der Waals surface area contributed by atoms with Crippen molar-refractivity contribution in [2.75, 3.05) is 13.1 Å². The number of amides is 1. The number of rotatable bonds is 2. The summed E-state index contributed by atoms with van der Waals surface area (Å²) in [5.41, 5.74) is 0. The molecule has 0 bridgehead atoms. The van der Waals surface area contributed by atoms with Gasteiger partial charge in [-0.15, -0.1) is 0 Å². The van der Waals surface area contributed by atoms with E-state index in [4.69, 9.17) is 5.11 Å². The largest absolute Gasteiger partial charge is 0.481 e. The van der Waals surface area contributed by atoms with Crippen molar-refractivity contribution in [3.8, 4) is 0 Å². The normalized spacial score (nSPS) is 35.0. The molecule has 2 rings (SSSR count). The molecule has 2 aliphatic rings. The molecule has 1 heterocycles. The van der Waals surface area contributed by atoms with Crippen LogP contribution in [-0.2, 0) is 9.59 Å². The average molecular weight is 211 g/mol. The Hall–Kier alpha value is -1.06. The first-order valence-corrected chi connectivity index (χ1v) is 5.61. The van der Waals surface area contributed by atoms with E-state index in [9.17, 15) is 9.59 Å². The minimum absolute atomic E-state index is 0.0676. The summed E-state index contributed by atoms with van der Waals surface area (Å²) in [5.74, 6) is -0.844. The topological polar surface area (TPSA) is 57.6 Å². The summed E-state index contributed by atoms with van der Waals surface area (Å²) in [5, 5.41) is 8.88. The first-order chi connectivity index (χ1) is 7.09. The molecule has 1 aliphatic heterocycles. The summed E-state index contributed by atoms with van der Waals surface area (Å²) in [6, 6.07) is 0. The SMILES string of the molecule is CC1CCN(C(=O)C2CCC2C(=O)O)C1. The lowest BCUT2D eigenvalue weighted by Gasteiger charge is -2.34. The zero-order valence-corrected chi connectivity index (χ0v) is 8.98. The van der Waals surface area contributed by atoms with Crippen molar-refractivity contribution in [3.05, 3.63) is 0 Å². The van der Waals surface area contributed by atoms with Crippen molar-refractivity contribution in [1.82, 2.24) is 4.90 Å². The van der Waals surface area contributed by atoms with Gasteiger partial charge in [0.15, 0.2) is 0 Å². The Morgan fingerprint density at radius 1 is 1.20 bits per heavy atom.